The number of fused-ring (bicyclic) bond motifs is 1. The average Bonchev–Trinajstić information content (AvgIpc) is 3.03. The van der Waals surface area contributed by atoms with E-state index in [4.69, 9.17) is 0 Å². The monoisotopic (exact) mass is 365 g/mol. The van der Waals surface area contributed by atoms with Crippen LogP contribution in [-0.2, 0) is 11.2 Å². The highest BCUT2D eigenvalue weighted by Crippen LogP contribution is 2.34. The predicted molar refractivity (Wildman–Crippen MR) is 111 cm³/mol. The molecule has 1 aliphatic heterocycles. The third-order valence-electron chi connectivity index (χ3n) is 4.75. The number of hydrogen-bond donors (Lipinski definition) is 1. The number of amides is 2. The maximum Gasteiger partial charge on any atom is 0.255 e. The fraction of sp³-hybridized carbons (Fsp3) is 0.364. The van der Waals surface area contributed by atoms with E-state index in [0.29, 0.717) is 17.8 Å². The van der Waals surface area contributed by atoms with Gasteiger partial charge in [0.15, 0.2) is 0 Å². The van der Waals surface area contributed by atoms with Gasteiger partial charge in [-0.2, -0.15) is 0 Å². The number of benzene rings is 2. The van der Waals surface area contributed by atoms with Crippen molar-refractivity contribution in [1.29, 1.82) is 0 Å². The highest BCUT2D eigenvalue weighted by atomic mass is 16.2. The number of nitrogens with zero attached hydrogens (tertiary/aromatic N) is 2. The standard InChI is InChI=1S/C22H27N3O2/c1-22(2,3)21(27)25-12-11-15-9-10-17(14-19(15)25)23-20(26)16-7-6-8-18(13-16)24(4)5/h6-10,13-14H,11-12H2,1-5H3,(H,23,26). The first-order valence-electron chi connectivity index (χ1n) is 9.20. The normalized spacial score (nSPS) is 13.3. The molecule has 142 valence electrons. The van der Waals surface area contributed by atoms with Gasteiger partial charge in [0.2, 0.25) is 5.91 Å². The maximum atomic E-state index is 12.7. The summed E-state index contributed by atoms with van der Waals surface area (Å²) in [6.45, 7) is 6.47. The second-order valence-electron chi connectivity index (χ2n) is 8.20. The summed E-state index contributed by atoms with van der Waals surface area (Å²) >= 11 is 0. The lowest BCUT2D eigenvalue weighted by atomic mass is 9.94. The van der Waals surface area contributed by atoms with E-state index in [1.54, 1.807) is 6.07 Å². The molecule has 2 aromatic rings. The second kappa shape index (κ2) is 7.06. The molecule has 0 radical (unpaired) electrons. The van der Waals surface area contributed by atoms with E-state index in [2.05, 4.69) is 5.32 Å². The summed E-state index contributed by atoms with van der Waals surface area (Å²) in [5.74, 6) is -0.0613. The molecule has 1 aliphatic rings. The molecule has 0 saturated heterocycles. The van der Waals surface area contributed by atoms with Crippen LogP contribution in [0.1, 0.15) is 36.7 Å². The predicted octanol–water partition coefficient (Wildman–Crippen LogP) is 3.94. The number of carbonyl (C=O) groups is 2. The summed E-state index contributed by atoms with van der Waals surface area (Å²) in [7, 11) is 3.89. The zero-order valence-corrected chi connectivity index (χ0v) is 16.7. The molecule has 0 spiro atoms. The van der Waals surface area contributed by atoms with Crippen molar-refractivity contribution in [3.8, 4) is 0 Å². The van der Waals surface area contributed by atoms with Crippen molar-refractivity contribution >= 4 is 28.9 Å². The van der Waals surface area contributed by atoms with Crippen molar-refractivity contribution in [3.63, 3.8) is 0 Å². The van der Waals surface area contributed by atoms with Gasteiger partial charge in [0.05, 0.1) is 0 Å². The molecule has 2 amide bonds. The summed E-state index contributed by atoms with van der Waals surface area (Å²) in [6.07, 6.45) is 0.844. The molecule has 0 unspecified atom stereocenters. The molecule has 1 heterocycles. The molecular formula is C22H27N3O2. The first-order valence-corrected chi connectivity index (χ1v) is 9.20. The van der Waals surface area contributed by atoms with Gasteiger partial charge in [0, 0.05) is 48.7 Å². The van der Waals surface area contributed by atoms with Gasteiger partial charge in [-0.25, -0.2) is 0 Å². The number of hydrogen-bond acceptors (Lipinski definition) is 3. The Morgan fingerprint density at radius 2 is 1.81 bits per heavy atom. The highest BCUT2D eigenvalue weighted by Gasteiger charge is 2.32. The first kappa shape index (κ1) is 19.0. The van der Waals surface area contributed by atoms with Crippen LogP contribution in [0.2, 0.25) is 0 Å². The van der Waals surface area contributed by atoms with Crippen molar-refractivity contribution in [1.82, 2.24) is 0 Å². The Morgan fingerprint density at radius 1 is 1.07 bits per heavy atom. The van der Waals surface area contributed by atoms with Crippen LogP contribution in [0.3, 0.4) is 0 Å². The van der Waals surface area contributed by atoms with Crippen LogP contribution in [0, 0.1) is 5.41 Å². The Balaban J connectivity index is 1.82. The lowest BCUT2D eigenvalue weighted by molar-refractivity contribution is -0.125. The van der Waals surface area contributed by atoms with E-state index >= 15 is 0 Å². The Kier molecular flexibility index (Phi) is 4.96. The molecule has 27 heavy (non-hydrogen) atoms. The average molecular weight is 365 g/mol. The number of rotatable bonds is 3. The van der Waals surface area contributed by atoms with Crippen LogP contribution in [-0.4, -0.2) is 32.5 Å². The van der Waals surface area contributed by atoms with Crippen molar-refractivity contribution in [2.24, 2.45) is 5.41 Å². The van der Waals surface area contributed by atoms with Gasteiger partial charge in [-0.05, 0) is 42.3 Å². The van der Waals surface area contributed by atoms with Crippen LogP contribution < -0.4 is 15.1 Å². The van der Waals surface area contributed by atoms with Crippen molar-refractivity contribution in [3.05, 3.63) is 53.6 Å². The van der Waals surface area contributed by atoms with Gasteiger partial charge in [0.25, 0.3) is 5.91 Å². The minimum absolute atomic E-state index is 0.100. The quantitative estimate of drug-likeness (QED) is 0.896. The van der Waals surface area contributed by atoms with E-state index in [1.165, 1.54) is 0 Å². The van der Waals surface area contributed by atoms with Gasteiger partial charge < -0.3 is 15.1 Å². The van der Waals surface area contributed by atoms with Crippen LogP contribution in [0.15, 0.2) is 42.5 Å². The Morgan fingerprint density at radius 3 is 2.48 bits per heavy atom. The fourth-order valence-electron chi connectivity index (χ4n) is 3.20. The molecule has 3 rings (SSSR count). The second-order valence-corrected chi connectivity index (χ2v) is 8.20. The Hall–Kier alpha value is -2.82. The van der Waals surface area contributed by atoms with Gasteiger partial charge in [-0.15, -0.1) is 0 Å². The zero-order chi connectivity index (χ0) is 19.8. The molecule has 0 bridgehead atoms. The summed E-state index contributed by atoms with van der Waals surface area (Å²) in [5.41, 5.74) is 3.87. The van der Waals surface area contributed by atoms with Crippen LogP contribution in [0.25, 0.3) is 0 Å². The number of nitrogens with one attached hydrogen (secondary N) is 1. The van der Waals surface area contributed by atoms with Crippen LogP contribution in [0.5, 0.6) is 0 Å². The molecule has 0 aromatic heterocycles. The van der Waals surface area contributed by atoms with Gasteiger partial charge in [0.1, 0.15) is 0 Å². The third-order valence-corrected chi connectivity index (χ3v) is 4.75. The van der Waals surface area contributed by atoms with Crippen LogP contribution in [0.4, 0.5) is 17.1 Å². The molecule has 0 aliphatic carbocycles. The summed E-state index contributed by atoms with van der Waals surface area (Å²) < 4.78 is 0. The molecule has 0 atom stereocenters. The molecule has 5 nitrogen and oxygen atoms in total. The first-order chi connectivity index (χ1) is 12.7. The largest absolute Gasteiger partial charge is 0.378 e. The van der Waals surface area contributed by atoms with E-state index < -0.39 is 5.41 Å². The zero-order valence-electron chi connectivity index (χ0n) is 16.7. The highest BCUT2D eigenvalue weighted by molar-refractivity contribution is 6.06. The van der Waals surface area contributed by atoms with Crippen LogP contribution >= 0.6 is 0 Å². The van der Waals surface area contributed by atoms with Gasteiger partial charge >= 0.3 is 0 Å². The van der Waals surface area contributed by atoms with Crippen molar-refractivity contribution in [2.45, 2.75) is 27.2 Å². The third kappa shape index (κ3) is 3.97. The van der Waals surface area contributed by atoms with E-state index in [1.807, 2.05) is 81.1 Å². The van der Waals surface area contributed by atoms with E-state index in [9.17, 15) is 9.59 Å². The van der Waals surface area contributed by atoms with Gasteiger partial charge in [-0.1, -0.05) is 32.9 Å². The van der Waals surface area contributed by atoms with Crippen molar-refractivity contribution < 1.29 is 9.59 Å². The molecule has 0 fully saturated rings. The molecule has 1 N–H and O–H groups in total. The summed E-state index contributed by atoms with van der Waals surface area (Å²) in [6, 6.07) is 13.3. The van der Waals surface area contributed by atoms with Gasteiger partial charge in [-0.3, -0.25) is 9.59 Å². The van der Waals surface area contributed by atoms with E-state index in [0.717, 1.165) is 23.4 Å². The molecular weight excluding hydrogens is 338 g/mol. The summed E-state index contributed by atoms with van der Waals surface area (Å²) in [4.78, 5) is 29.2. The van der Waals surface area contributed by atoms with E-state index in [-0.39, 0.29) is 11.8 Å². The fourth-order valence-corrected chi connectivity index (χ4v) is 3.20. The Bertz CT molecular complexity index is 881. The minimum atomic E-state index is -0.437. The maximum absolute atomic E-state index is 12.7. The summed E-state index contributed by atoms with van der Waals surface area (Å²) in [5, 5.41) is 2.96. The molecule has 5 heteroatoms. The lowest BCUT2D eigenvalue weighted by Crippen LogP contribution is -2.38. The number of anilines is 3. The number of carbonyl (C=O) groups excluding carboxylic acids is 2. The molecule has 2 aromatic carbocycles. The SMILES string of the molecule is CN(C)c1cccc(C(=O)Nc2ccc3c(c2)N(C(=O)C(C)(C)C)CC3)c1. The smallest absolute Gasteiger partial charge is 0.255 e. The van der Waals surface area contributed by atoms with Crippen molar-refractivity contribution in [2.75, 3.05) is 35.8 Å². The minimum Gasteiger partial charge on any atom is -0.378 e. The lowest BCUT2D eigenvalue weighted by Gasteiger charge is -2.26. The Labute approximate surface area is 161 Å². The topological polar surface area (TPSA) is 52.7 Å². The molecule has 0 saturated carbocycles.